The number of nitrogens with two attached hydrogens (primary N) is 1. The molecule has 0 saturated carbocycles. The van der Waals surface area contributed by atoms with Crippen molar-refractivity contribution in [1.29, 1.82) is 0 Å². The van der Waals surface area contributed by atoms with E-state index in [-0.39, 0.29) is 22.0 Å². The summed E-state index contributed by atoms with van der Waals surface area (Å²) in [5.74, 6) is 0.639. The maximum atomic E-state index is 13.6. The van der Waals surface area contributed by atoms with Crippen LogP contribution in [0, 0.1) is 0 Å². The molecule has 1 aliphatic carbocycles. The predicted molar refractivity (Wildman–Crippen MR) is 99.8 cm³/mol. The third-order valence-corrected chi connectivity index (χ3v) is 6.09. The molecule has 6 nitrogen and oxygen atoms in total. The molecule has 1 unspecified atom stereocenters. The lowest BCUT2D eigenvalue weighted by atomic mass is 9.84. The van der Waals surface area contributed by atoms with E-state index in [0.29, 0.717) is 28.9 Å². The summed E-state index contributed by atoms with van der Waals surface area (Å²) < 4.78 is 69.2. The van der Waals surface area contributed by atoms with E-state index in [1.165, 1.54) is 31.4 Å². The van der Waals surface area contributed by atoms with E-state index in [2.05, 4.69) is 5.43 Å². The van der Waals surface area contributed by atoms with Crippen LogP contribution in [0.4, 0.5) is 13.2 Å². The fourth-order valence-corrected chi connectivity index (χ4v) is 4.37. The molecule has 2 aromatic carbocycles. The van der Waals surface area contributed by atoms with E-state index in [0.717, 1.165) is 5.56 Å². The number of aryl methyl sites for hydroxylation is 1. The number of benzene rings is 2. The largest absolute Gasteiger partial charge is 0.498 e. The lowest BCUT2D eigenvalue weighted by Gasteiger charge is -2.26. The number of allylic oxidation sites excluding steroid dienone is 1. The second kappa shape index (κ2) is 6.75. The van der Waals surface area contributed by atoms with Crippen LogP contribution in [0.2, 0.25) is 0 Å². The molecule has 29 heavy (non-hydrogen) atoms. The highest BCUT2D eigenvalue weighted by Gasteiger charge is 2.48. The Bertz CT molecular complexity index is 1100. The number of primary sulfonamides is 1. The molecular formula is C19H18F3N3O3S. The van der Waals surface area contributed by atoms with Crippen LogP contribution in [0.15, 0.2) is 53.1 Å². The second-order valence-electron chi connectivity index (χ2n) is 6.86. The zero-order valence-corrected chi connectivity index (χ0v) is 16.1. The third-order valence-electron chi connectivity index (χ3n) is 5.16. The van der Waals surface area contributed by atoms with Crippen molar-refractivity contribution in [3.8, 4) is 5.75 Å². The fraction of sp³-hybridized carbons (Fsp3) is 0.263. The topological polar surface area (TPSA) is 84.7 Å². The molecular weight excluding hydrogens is 407 g/mol. The summed E-state index contributed by atoms with van der Waals surface area (Å²) in [6.45, 7) is 0. The average molecular weight is 425 g/mol. The Balaban J connectivity index is 1.83. The number of nitrogens with zero attached hydrogens (tertiary/aromatic N) is 1. The maximum absolute atomic E-state index is 13.6. The van der Waals surface area contributed by atoms with E-state index in [9.17, 15) is 21.6 Å². The van der Waals surface area contributed by atoms with E-state index in [4.69, 9.17) is 9.88 Å². The van der Waals surface area contributed by atoms with Gasteiger partial charge in [0, 0.05) is 11.3 Å². The van der Waals surface area contributed by atoms with Crippen molar-refractivity contribution >= 4 is 15.6 Å². The smallest absolute Gasteiger partial charge is 0.497 e. The minimum absolute atomic E-state index is 0.102. The number of hydrazine groups is 1. The predicted octanol–water partition coefficient (Wildman–Crippen LogP) is 3.08. The van der Waals surface area contributed by atoms with E-state index in [1.54, 1.807) is 12.1 Å². The van der Waals surface area contributed by atoms with Crippen molar-refractivity contribution in [2.45, 2.75) is 30.1 Å². The summed E-state index contributed by atoms with van der Waals surface area (Å²) >= 11 is 0. The van der Waals surface area contributed by atoms with Gasteiger partial charge in [-0.05, 0) is 53.8 Å². The first-order chi connectivity index (χ1) is 13.6. The summed E-state index contributed by atoms with van der Waals surface area (Å²) in [6.07, 6.45) is -3.93. The Morgan fingerprint density at radius 3 is 2.41 bits per heavy atom. The standard InChI is InChI=1S/C19H18F3N3O3S/c1-28-13-5-8-15-12(10-13)4-9-16-17(15)18(24-25(16)19(20,21)22)11-2-6-14(7-3-11)29(23,26)27/h2-3,5-8,10,18,24H,4,9H2,1H3,(H2,23,26,27). The fourth-order valence-electron chi connectivity index (χ4n) is 3.85. The number of halogens is 3. The molecule has 1 heterocycles. The maximum Gasteiger partial charge on any atom is 0.498 e. The monoisotopic (exact) mass is 425 g/mol. The van der Waals surface area contributed by atoms with Gasteiger partial charge in [-0.3, -0.25) is 0 Å². The lowest BCUT2D eigenvalue weighted by Crippen LogP contribution is -2.44. The van der Waals surface area contributed by atoms with Gasteiger partial charge in [0.05, 0.1) is 18.0 Å². The van der Waals surface area contributed by atoms with Crippen LogP contribution in [0.3, 0.4) is 0 Å². The molecule has 0 spiro atoms. The number of hydrogen-bond acceptors (Lipinski definition) is 5. The highest BCUT2D eigenvalue weighted by molar-refractivity contribution is 7.89. The van der Waals surface area contributed by atoms with Crippen LogP contribution >= 0.6 is 0 Å². The van der Waals surface area contributed by atoms with Gasteiger partial charge in [0.15, 0.2) is 0 Å². The number of alkyl halides is 3. The SMILES string of the molecule is COc1ccc2c(c1)CCC1=C2C(c2ccc(S(N)(=O)=O)cc2)NN1C(F)(F)F. The average Bonchev–Trinajstić information content (AvgIpc) is 3.07. The Morgan fingerprint density at radius 1 is 1.14 bits per heavy atom. The molecule has 154 valence electrons. The Kier molecular flexibility index (Phi) is 4.60. The molecule has 0 saturated heterocycles. The highest BCUT2D eigenvalue weighted by atomic mass is 32.2. The van der Waals surface area contributed by atoms with Gasteiger partial charge in [-0.2, -0.15) is 0 Å². The van der Waals surface area contributed by atoms with Crippen LogP contribution in [0.1, 0.15) is 29.2 Å². The first-order valence-corrected chi connectivity index (χ1v) is 10.3. The minimum atomic E-state index is -4.60. The lowest BCUT2D eigenvalue weighted by molar-refractivity contribution is -0.248. The molecule has 0 bridgehead atoms. The Morgan fingerprint density at radius 2 is 1.83 bits per heavy atom. The van der Waals surface area contributed by atoms with Crippen molar-refractivity contribution in [3.63, 3.8) is 0 Å². The van der Waals surface area contributed by atoms with E-state index in [1.807, 2.05) is 6.07 Å². The molecule has 2 aromatic rings. The van der Waals surface area contributed by atoms with Crippen LogP contribution in [0.25, 0.3) is 5.57 Å². The first-order valence-electron chi connectivity index (χ1n) is 8.76. The highest BCUT2D eigenvalue weighted by Crippen LogP contribution is 2.48. The van der Waals surface area contributed by atoms with E-state index >= 15 is 0 Å². The summed E-state index contributed by atoms with van der Waals surface area (Å²) in [4.78, 5) is -0.102. The Labute approximate surface area is 165 Å². The van der Waals surface area contributed by atoms with Crippen molar-refractivity contribution in [2.75, 3.05) is 7.11 Å². The van der Waals surface area contributed by atoms with E-state index < -0.39 is 22.4 Å². The number of hydrogen-bond donors (Lipinski definition) is 2. The molecule has 0 fully saturated rings. The van der Waals surface area contributed by atoms with Gasteiger partial charge in [-0.25, -0.2) is 24.0 Å². The molecule has 0 radical (unpaired) electrons. The molecule has 1 atom stereocenters. The van der Waals surface area contributed by atoms with Gasteiger partial charge in [0.2, 0.25) is 10.0 Å². The number of sulfonamides is 1. The Hall–Kier alpha value is -2.56. The van der Waals surface area contributed by atoms with Crippen molar-refractivity contribution in [3.05, 3.63) is 64.9 Å². The van der Waals surface area contributed by atoms with Crippen LogP contribution in [-0.4, -0.2) is 26.8 Å². The molecule has 10 heteroatoms. The van der Waals surface area contributed by atoms with Crippen LogP contribution in [-0.2, 0) is 16.4 Å². The van der Waals surface area contributed by atoms with Gasteiger partial charge >= 0.3 is 6.30 Å². The number of rotatable bonds is 3. The molecule has 1 aliphatic heterocycles. The molecule has 2 aliphatic rings. The van der Waals surface area contributed by atoms with Gasteiger partial charge in [-0.1, -0.05) is 18.2 Å². The summed E-state index contributed by atoms with van der Waals surface area (Å²) in [6, 6.07) is 10.0. The van der Waals surface area contributed by atoms with Crippen LogP contribution in [0.5, 0.6) is 5.75 Å². The molecule has 4 rings (SSSR count). The zero-order valence-electron chi connectivity index (χ0n) is 15.3. The number of ether oxygens (including phenoxy) is 1. The summed E-state index contributed by atoms with van der Waals surface area (Å²) in [7, 11) is -2.36. The van der Waals surface area contributed by atoms with Crippen molar-refractivity contribution < 1.29 is 26.3 Å². The van der Waals surface area contributed by atoms with Gasteiger partial charge in [0.1, 0.15) is 5.75 Å². The van der Waals surface area contributed by atoms with Crippen LogP contribution < -0.4 is 15.3 Å². The minimum Gasteiger partial charge on any atom is -0.497 e. The number of methoxy groups -OCH3 is 1. The van der Waals surface area contributed by atoms with Gasteiger partial charge < -0.3 is 4.74 Å². The van der Waals surface area contributed by atoms with Gasteiger partial charge in [0.25, 0.3) is 0 Å². The number of nitrogens with one attached hydrogen (secondary N) is 1. The molecule has 3 N–H and O–H groups in total. The first kappa shape index (κ1) is 19.7. The molecule has 0 amide bonds. The molecule has 0 aromatic heterocycles. The number of fused-ring (bicyclic) bond motifs is 2. The van der Waals surface area contributed by atoms with Gasteiger partial charge in [-0.15, -0.1) is 13.2 Å². The quantitative estimate of drug-likeness (QED) is 0.739. The summed E-state index contributed by atoms with van der Waals surface area (Å²) in [5.41, 5.74) is 5.34. The van der Waals surface area contributed by atoms with Crippen molar-refractivity contribution in [1.82, 2.24) is 10.4 Å². The zero-order chi connectivity index (χ0) is 21.0. The second-order valence-corrected chi connectivity index (χ2v) is 8.42. The summed E-state index contributed by atoms with van der Waals surface area (Å²) in [5, 5.41) is 5.37. The third kappa shape index (κ3) is 3.47. The normalized spacial score (nSPS) is 19.2. The van der Waals surface area contributed by atoms with Crippen molar-refractivity contribution in [2.24, 2.45) is 5.14 Å².